The summed E-state index contributed by atoms with van der Waals surface area (Å²) in [6.07, 6.45) is 1.50. The van der Waals surface area contributed by atoms with Gasteiger partial charge in [0.15, 0.2) is 4.80 Å². The summed E-state index contributed by atoms with van der Waals surface area (Å²) in [5.74, 6) is 0.167. The normalized spacial score (nSPS) is 15.2. The number of rotatable bonds is 7. The lowest BCUT2D eigenvalue weighted by molar-refractivity contribution is -0.143. The Morgan fingerprint density at radius 3 is 2.45 bits per heavy atom. The second-order valence-corrected chi connectivity index (χ2v) is 11.3. The van der Waals surface area contributed by atoms with Crippen LogP contribution in [0.2, 0.25) is 5.02 Å². The van der Waals surface area contributed by atoms with Crippen LogP contribution < -0.4 is 19.6 Å². The summed E-state index contributed by atoms with van der Waals surface area (Å²) in [4.78, 5) is 32.3. The van der Waals surface area contributed by atoms with E-state index in [1.54, 1.807) is 37.5 Å². The molecule has 1 aliphatic heterocycles. The van der Waals surface area contributed by atoms with Crippen LogP contribution in [-0.4, -0.2) is 16.6 Å². The number of thiazole rings is 1. The molecular weight excluding hydrogens is 544 g/mol. The molecule has 8 heteroatoms. The molecule has 0 N–H and O–H groups in total. The van der Waals surface area contributed by atoms with Gasteiger partial charge in [0.1, 0.15) is 12.4 Å². The standard InChI is InChI=1S/C32H29ClN2O4S/c1-19(2)39-31(37)28-21(4)34-32-35(29(28)23-13-15-25(33)16-14-23)30(36)27(40-32)17-24-7-5-6-8-26(24)38-18-22-11-9-20(3)10-12-22/h5-17,19,29H,18H2,1-4H3. The fraction of sp³-hybridized carbons (Fsp3) is 0.219. The molecule has 0 saturated heterocycles. The first-order chi connectivity index (χ1) is 19.2. The fourth-order valence-corrected chi connectivity index (χ4v) is 5.70. The summed E-state index contributed by atoms with van der Waals surface area (Å²) in [6.45, 7) is 7.80. The monoisotopic (exact) mass is 572 g/mol. The van der Waals surface area contributed by atoms with Gasteiger partial charge >= 0.3 is 5.97 Å². The fourth-order valence-electron chi connectivity index (χ4n) is 4.54. The van der Waals surface area contributed by atoms with E-state index < -0.39 is 12.0 Å². The summed E-state index contributed by atoms with van der Waals surface area (Å²) >= 11 is 7.43. The minimum atomic E-state index is -0.699. The second kappa shape index (κ2) is 11.7. The number of halogens is 1. The molecule has 6 nitrogen and oxygen atoms in total. The van der Waals surface area contributed by atoms with Crippen molar-refractivity contribution in [1.82, 2.24) is 4.57 Å². The van der Waals surface area contributed by atoms with Crippen molar-refractivity contribution >= 4 is 35.0 Å². The Bertz CT molecular complexity index is 1770. The quantitative estimate of drug-likeness (QED) is 0.265. The molecule has 4 aromatic rings. The van der Waals surface area contributed by atoms with Crippen molar-refractivity contribution in [2.75, 3.05) is 0 Å². The Morgan fingerprint density at radius 1 is 1.05 bits per heavy atom. The SMILES string of the molecule is CC1=C(C(=O)OC(C)C)C(c2ccc(Cl)cc2)n2c(sc(=Cc3ccccc3OCc3ccc(C)cc3)c2=O)=N1. The molecule has 204 valence electrons. The van der Waals surface area contributed by atoms with Crippen LogP contribution in [0.3, 0.4) is 0 Å². The summed E-state index contributed by atoms with van der Waals surface area (Å²) in [6, 6.07) is 22.2. The lowest BCUT2D eigenvalue weighted by Gasteiger charge is -2.25. The van der Waals surface area contributed by atoms with Gasteiger partial charge in [0.2, 0.25) is 0 Å². The van der Waals surface area contributed by atoms with Crippen molar-refractivity contribution in [3.8, 4) is 5.75 Å². The molecule has 0 spiro atoms. The average Bonchev–Trinajstić information content (AvgIpc) is 3.22. The van der Waals surface area contributed by atoms with Gasteiger partial charge in [0.25, 0.3) is 5.56 Å². The minimum Gasteiger partial charge on any atom is -0.488 e. The molecule has 0 saturated carbocycles. The minimum absolute atomic E-state index is 0.251. The van der Waals surface area contributed by atoms with Gasteiger partial charge < -0.3 is 9.47 Å². The Morgan fingerprint density at radius 2 is 1.75 bits per heavy atom. The van der Waals surface area contributed by atoms with E-state index in [9.17, 15) is 9.59 Å². The van der Waals surface area contributed by atoms with Gasteiger partial charge in [-0.05, 0) is 63.1 Å². The number of nitrogens with zero attached hydrogens (tertiary/aromatic N) is 2. The zero-order valence-corrected chi connectivity index (χ0v) is 24.3. The van der Waals surface area contributed by atoms with E-state index in [-0.39, 0.29) is 11.7 Å². The van der Waals surface area contributed by atoms with E-state index in [1.165, 1.54) is 16.9 Å². The number of allylic oxidation sites excluding steroid dienone is 1. The molecule has 0 amide bonds. The van der Waals surface area contributed by atoms with E-state index in [1.807, 2.05) is 61.5 Å². The maximum absolute atomic E-state index is 13.9. The molecular formula is C32H29ClN2O4S. The Balaban J connectivity index is 1.59. The summed E-state index contributed by atoms with van der Waals surface area (Å²) < 4.78 is 13.8. The van der Waals surface area contributed by atoms with Crippen molar-refractivity contribution in [3.63, 3.8) is 0 Å². The summed E-state index contributed by atoms with van der Waals surface area (Å²) in [7, 11) is 0. The highest BCUT2D eigenvalue weighted by atomic mass is 35.5. The van der Waals surface area contributed by atoms with E-state index in [2.05, 4.69) is 17.1 Å². The Hall–Kier alpha value is -3.94. The first-order valence-corrected chi connectivity index (χ1v) is 14.2. The third-order valence-corrected chi connectivity index (χ3v) is 7.73. The Labute approximate surface area is 241 Å². The van der Waals surface area contributed by atoms with Crippen molar-refractivity contribution in [2.45, 2.75) is 46.4 Å². The van der Waals surface area contributed by atoms with Crippen LogP contribution in [0.1, 0.15) is 49.1 Å². The Kier molecular flexibility index (Phi) is 8.05. The van der Waals surface area contributed by atoms with Gasteiger partial charge in [-0.15, -0.1) is 0 Å². The zero-order valence-electron chi connectivity index (χ0n) is 22.7. The van der Waals surface area contributed by atoms with Crippen molar-refractivity contribution in [2.24, 2.45) is 4.99 Å². The topological polar surface area (TPSA) is 69.9 Å². The van der Waals surface area contributed by atoms with Crippen molar-refractivity contribution < 1.29 is 14.3 Å². The number of fused-ring (bicyclic) bond motifs is 1. The molecule has 40 heavy (non-hydrogen) atoms. The average molecular weight is 573 g/mol. The lowest BCUT2D eigenvalue weighted by Crippen LogP contribution is -2.40. The number of aryl methyl sites for hydroxylation is 1. The van der Waals surface area contributed by atoms with Crippen LogP contribution in [-0.2, 0) is 16.1 Å². The number of hydrogen-bond acceptors (Lipinski definition) is 6. The van der Waals surface area contributed by atoms with Crippen LogP contribution in [0.25, 0.3) is 6.08 Å². The van der Waals surface area contributed by atoms with Gasteiger partial charge in [-0.25, -0.2) is 9.79 Å². The molecule has 5 rings (SSSR count). The number of para-hydroxylation sites is 1. The van der Waals surface area contributed by atoms with Crippen LogP contribution in [0.15, 0.2) is 93.9 Å². The van der Waals surface area contributed by atoms with E-state index in [0.29, 0.717) is 38.0 Å². The van der Waals surface area contributed by atoms with Crippen molar-refractivity contribution in [3.05, 3.63) is 131 Å². The number of benzene rings is 3. The molecule has 1 aromatic heterocycles. The second-order valence-electron chi connectivity index (χ2n) is 9.90. The van der Waals surface area contributed by atoms with Gasteiger partial charge in [-0.3, -0.25) is 9.36 Å². The number of carbonyl (C=O) groups is 1. The zero-order chi connectivity index (χ0) is 28.4. The molecule has 0 radical (unpaired) electrons. The van der Waals surface area contributed by atoms with Gasteiger partial charge in [0.05, 0.1) is 27.9 Å². The number of carbonyl (C=O) groups excluding carboxylic acids is 1. The molecule has 1 unspecified atom stereocenters. The highest BCUT2D eigenvalue weighted by Gasteiger charge is 2.33. The summed E-state index contributed by atoms with van der Waals surface area (Å²) in [5, 5.41) is 0.561. The summed E-state index contributed by atoms with van der Waals surface area (Å²) in [5.41, 5.74) is 4.35. The maximum Gasteiger partial charge on any atom is 0.338 e. The number of hydrogen-bond donors (Lipinski definition) is 0. The van der Waals surface area contributed by atoms with Gasteiger partial charge in [-0.2, -0.15) is 0 Å². The maximum atomic E-state index is 13.9. The first kappa shape index (κ1) is 27.6. The largest absolute Gasteiger partial charge is 0.488 e. The van der Waals surface area contributed by atoms with Crippen LogP contribution in [0.5, 0.6) is 5.75 Å². The first-order valence-electron chi connectivity index (χ1n) is 13.0. The highest BCUT2D eigenvalue weighted by molar-refractivity contribution is 7.07. The number of ether oxygens (including phenoxy) is 2. The van der Waals surface area contributed by atoms with E-state index in [4.69, 9.17) is 21.1 Å². The molecule has 1 atom stereocenters. The van der Waals surface area contributed by atoms with Gasteiger partial charge in [0, 0.05) is 10.6 Å². The third kappa shape index (κ3) is 5.81. The lowest BCUT2D eigenvalue weighted by atomic mass is 9.96. The van der Waals surface area contributed by atoms with Gasteiger partial charge in [-0.1, -0.05) is 83.1 Å². The van der Waals surface area contributed by atoms with E-state index in [0.717, 1.165) is 16.7 Å². The predicted octanol–water partition coefficient (Wildman–Crippen LogP) is 5.73. The molecule has 0 bridgehead atoms. The molecule has 0 fully saturated rings. The molecule has 3 aromatic carbocycles. The van der Waals surface area contributed by atoms with E-state index >= 15 is 0 Å². The van der Waals surface area contributed by atoms with Crippen molar-refractivity contribution in [1.29, 1.82) is 0 Å². The third-order valence-electron chi connectivity index (χ3n) is 6.49. The van der Waals surface area contributed by atoms with Crippen LogP contribution in [0, 0.1) is 6.92 Å². The van der Waals surface area contributed by atoms with Crippen LogP contribution in [0.4, 0.5) is 0 Å². The predicted molar refractivity (Wildman–Crippen MR) is 158 cm³/mol. The molecule has 0 aliphatic carbocycles. The van der Waals surface area contributed by atoms with Crippen LogP contribution >= 0.6 is 22.9 Å². The highest BCUT2D eigenvalue weighted by Crippen LogP contribution is 2.31. The number of aromatic nitrogens is 1. The number of esters is 1. The molecule has 1 aliphatic rings. The molecule has 2 heterocycles. The smallest absolute Gasteiger partial charge is 0.338 e.